The minimum atomic E-state index is -4.21. The predicted octanol–water partition coefficient (Wildman–Crippen LogP) is 4.57. The molecular formula is C30H25F5N6O. The van der Waals surface area contributed by atoms with Gasteiger partial charge in [-0.1, -0.05) is 24.0 Å². The van der Waals surface area contributed by atoms with Crippen molar-refractivity contribution in [1.82, 2.24) is 9.99 Å². The van der Waals surface area contributed by atoms with Gasteiger partial charge >= 0.3 is 5.92 Å². The molecule has 0 spiro atoms. The van der Waals surface area contributed by atoms with E-state index in [1.165, 1.54) is 18.2 Å². The van der Waals surface area contributed by atoms with Crippen LogP contribution >= 0.6 is 0 Å². The van der Waals surface area contributed by atoms with Gasteiger partial charge in [-0.3, -0.25) is 9.99 Å². The molecular weight excluding hydrogens is 555 g/mol. The normalized spacial score (nSPS) is 12.8. The molecule has 1 heterocycles. The standard InChI is InChI=1S/C30H25F5N6O/c31-23-8-3-22(4-9-23)16-38-25-11-5-20(6-12-25)1-2-21-7-14-28(39-17-21)30(34,35)29(42,18-41(37)19-40-36)26-13-10-24(32)15-27(26)33/h3-15,17,19,38,42H,16,18,36-37H2/b40-19-. The second-order valence-corrected chi connectivity index (χ2v) is 9.24. The first-order valence-electron chi connectivity index (χ1n) is 12.4. The van der Waals surface area contributed by atoms with Crippen molar-refractivity contribution in [2.24, 2.45) is 16.8 Å². The van der Waals surface area contributed by atoms with Gasteiger partial charge in [0.2, 0.25) is 0 Å². The number of rotatable bonds is 9. The molecule has 0 saturated carbocycles. The fraction of sp³-hybridized carbons (Fsp3) is 0.133. The summed E-state index contributed by atoms with van der Waals surface area (Å²) < 4.78 is 72.7. The van der Waals surface area contributed by atoms with Crippen molar-refractivity contribution >= 4 is 12.0 Å². The number of aliphatic hydroxyl groups is 1. The average Bonchev–Trinajstić information content (AvgIpc) is 2.96. The molecule has 216 valence electrons. The fourth-order valence-electron chi connectivity index (χ4n) is 4.06. The molecule has 0 amide bonds. The summed E-state index contributed by atoms with van der Waals surface area (Å²) in [5, 5.41) is 18.0. The van der Waals surface area contributed by atoms with E-state index in [0.29, 0.717) is 34.8 Å². The molecule has 1 unspecified atom stereocenters. The Morgan fingerprint density at radius 3 is 2.17 bits per heavy atom. The van der Waals surface area contributed by atoms with Crippen LogP contribution in [0, 0.1) is 29.3 Å². The van der Waals surface area contributed by atoms with Gasteiger partial charge in [-0.05, 0) is 66.2 Å². The Bertz CT molecular complexity index is 1600. The topological polar surface area (TPSA) is 113 Å². The molecule has 6 N–H and O–H groups in total. The van der Waals surface area contributed by atoms with Gasteiger partial charge in [0, 0.05) is 41.2 Å². The van der Waals surface area contributed by atoms with Crippen LogP contribution in [0.15, 0.2) is 90.2 Å². The van der Waals surface area contributed by atoms with Crippen LogP contribution < -0.4 is 17.0 Å². The van der Waals surface area contributed by atoms with Gasteiger partial charge in [0.15, 0.2) is 5.60 Å². The van der Waals surface area contributed by atoms with Gasteiger partial charge in [0.05, 0.1) is 6.54 Å². The van der Waals surface area contributed by atoms with Crippen LogP contribution in [0.1, 0.15) is 27.9 Å². The molecule has 4 aromatic rings. The zero-order valence-electron chi connectivity index (χ0n) is 21.9. The highest BCUT2D eigenvalue weighted by atomic mass is 19.3. The van der Waals surface area contributed by atoms with Gasteiger partial charge in [-0.15, -0.1) is 0 Å². The number of benzene rings is 3. The summed E-state index contributed by atoms with van der Waals surface area (Å²) in [6.07, 6.45) is 1.83. The number of nitrogens with two attached hydrogens (primary N) is 2. The predicted molar refractivity (Wildman–Crippen MR) is 148 cm³/mol. The van der Waals surface area contributed by atoms with E-state index in [1.54, 1.807) is 36.4 Å². The lowest BCUT2D eigenvalue weighted by Crippen LogP contribution is -2.53. The number of nitrogens with zero attached hydrogens (tertiary/aromatic N) is 3. The maximum atomic E-state index is 15.8. The summed E-state index contributed by atoms with van der Waals surface area (Å²) in [7, 11) is 0. The number of hydrogen-bond acceptors (Lipinski definition) is 6. The van der Waals surface area contributed by atoms with Crippen molar-refractivity contribution in [2.45, 2.75) is 18.1 Å². The Hall–Kier alpha value is -4.99. The third kappa shape index (κ3) is 6.83. The van der Waals surface area contributed by atoms with E-state index >= 15 is 8.78 Å². The molecule has 0 aliphatic carbocycles. The fourth-order valence-corrected chi connectivity index (χ4v) is 4.06. The van der Waals surface area contributed by atoms with Gasteiger partial charge in [0.1, 0.15) is 29.5 Å². The van der Waals surface area contributed by atoms with Gasteiger partial charge in [0.25, 0.3) is 0 Å². The smallest absolute Gasteiger partial charge is 0.323 e. The van der Waals surface area contributed by atoms with Gasteiger partial charge < -0.3 is 16.3 Å². The van der Waals surface area contributed by atoms with Gasteiger partial charge in [-0.2, -0.15) is 13.9 Å². The van der Waals surface area contributed by atoms with Crippen LogP contribution in [0.2, 0.25) is 0 Å². The Morgan fingerprint density at radius 2 is 1.55 bits per heavy atom. The first-order valence-corrected chi connectivity index (χ1v) is 12.4. The monoisotopic (exact) mass is 580 g/mol. The lowest BCUT2D eigenvalue weighted by atomic mass is 9.84. The highest BCUT2D eigenvalue weighted by Gasteiger charge is 2.58. The van der Waals surface area contributed by atoms with Crippen LogP contribution in [0.4, 0.5) is 27.6 Å². The number of anilines is 1. The van der Waals surface area contributed by atoms with Crippen molar-refractivity contribution in [3.8, 4) is 11.8 Å². The second kappa shape index (κ2) is 12.7. The summed E-state index contributed by atoms with van der Waals surface area (Å²) in [6.45, 7) is -0.567. The van der Waals surface area contributed by atoms with E-state index in [0.717, 1.165) is 35.9 Å². The lowest BCUT2D eigenvalue weighted by Gasteiger charge is -2.37. The van der Waals surface area contributed by atoms with E-state index in [1.807, 2.05) is 0 Å². The average molecular weight is 581 g/mol. The van der Waals surface area contributed by atoms with E-state index in [2.05, 4.69) is 27.2 Å². The Morgan fingerprint density at radius 1 is 0.905 bits per heavy atom. The molecule has 4 rings (SSSR count). The first kappa shape index (κ1) is 30.0. The van der Waals surface area contributed by atoms with Crippen LogP contribution in [0.3, 0.4) is 0 Å². The summed E-state index contributed by atoms with van der Waals surface area (Å²) in [6, 6.07) is 17.3. The van der Waals surface area contributed by atoms with Crippen molar-refractivity contribution in [3.63, 3.8) is 0 Å². The molecule has 1 atom stereocenters. The molecule has 0 aliphatic heterocycles. The Kier molecular flexibility index (Phi) is 9.05. The van der Waals surface area contributed by atoms with Crippen LogP contribution in [0.5, 0.6) is 0 Å². The lowest BCUT2D eigenvalue weighted by molar-refractivity contribution is -0.203. The van der Waals surface area contributed by atoms with Crippen LogP contribution in [-0.2, 0) is 18.1 Å². The number of pyridine rings is 1. The molecule has 0 bridgehead atoms. The highest BCUT2D eigenvalue weighted by Crippen LogP contribution is 2.45. The number of nitrogens with one attached hydrogen (secondary N) is 1. The molecule has 42 heavy (non-hydrogen) atoms. The molecule has 0 aliphatic rings. The quantitative estimate of drug-likeness (QED) is 0.0577. The number of hydrazone groups is 1. The Balaban J connectivity index is 1.51. The molecule has 0 fully saturated rings. The van der Waals surface area contributed by atoms with Crippen molar-refractivity contribution in [2.75, 3.05) is 11.9 Å². The molecule has 3 aromatic carbocycles. The van der Waals surface area contributed by atoms with Crippen LogP contribution in [-0.4, -0.2) is 28.0 Å². The van der Waals surface area contributed by atoms with E-state index in [9.17, 15) is 18.3 Å². The second-order valence-electron chi connectivity index (χ2n) is 9.24. The molecule has 7 nitrogen and oxygen atoms in total. The molecule has 12 heteroatoms. The van der Waals surface area contributed by atoms with Crippen LogP contribution in [0.25, 0.3) is 0 Å². The third-order valence-corrected chi connectivity index (χ3v) is 6.25. The third-order valence-electron chi connectivity index (χ3n) is 6.25. The maximum absolute atomic E-state index is 15.8. The molecule has 0 radical (unpaired) electrons. The van der Waals surface area contributed by atoms with Gasteiger partial charge in [-0.25, -0.2) is 19.0 Å². The zero-order chi connectivity index (χ0) is 30.3. The Labute approximate surface area is 238 Å². The summed E-state index contributed by atoms with van der Waals surface area (Å²) in [5.74, 6) is 9.38. The summed E-state index contributed by atoms with van der Waals surface area (Å²) in [5.41, 5.74) is -2.45. The summed E-state index contributed by atoms with van der Waals surface area (Å²) in [4.78, 5) is 3.77. The van der Waals surface area contributed by atoms with E-state index in [4.69, 9.17) is 11.7 Å². The number of alkyl halides is 2. The highest BCUT2D eigenvalue weighted by molar-refractivity contribution is 5.54. The number of hydrazine groups is 1. The van der Waals surface area contributed by atoms with E-state index in [-0.39, 0.29) is 5.82 Å². The SMILES string of the molecule is N/N=C\N(N)CC(O)(c1ccc(F)cc1F)C(F)(F)c1ccc(C#Cc2ccc(NCc3ccc(F)cc3)cc2)cn1. The minimum absolute atomic E-state index is 0.292. The van der Waals surface area contributed by atoms with Crippen molar-refractivity contribution in [1.29, 1.82) is 0 Å². The molecule has 1 aromatic heterocycles. The minimum Gasteiger partial charge on any atom is -0.381 e. The largest absolute Gasteiger partial charge is 0.381 e. The van der Waals surface area contributed by atoms with Crippen molar-refractivity contribution in [3.05, 3.63) is 130 Å². The number of aromatic nitrogens is 1. The first-order chi connectivity index (χ1) is 20.0. The summed E-state index contributed by atoms with van der Waals surface area (Å²) >= 11 is 0. The van der Waals surface area contributed by atoms with Crippen molar-refractivity contribution < 1.29 is 27.1 Å². The zero-order valence-corrected chi connectivity index (χ0v) is 21.9. The van der Waals surface area contributed by atoms with E-state index < -0.39 is 41.0 Å². The number of halogens is 5. The molecule has 0 saturated heterocycles. The maximum Gasteiger partial charge on any atom is 0.323 e. The number of hydrogen-bond donors (Lipinski definition) is 4.